The van der Waals surface area contributed by atoms with E-state index >= 15 is 0 Å². The van der Waals surface area contributed by atoms with E-state index in [1.54, 1.807) is 31.2 Å². The molecule has 1 aromatic heterocycles. The minimum atomic E-state index is -1.03. The number of benzene rings is 3. The average Bonchev–Trinajstić information content (AvgIpc) is 2.87. The van der Waals surface area contributed by atoms with E-state index < -0.39 is 5.97 Å². The van der Waals surface area contributed by atoms with Crippen LogP contribution in [0.1, 0.15) is 45.6 Å². The Morgan fingerprint density at radius 3 is 2.44 bits per heavy atom. The molecule has 0 saturated heterocycles. The monoisotopic (exact) mass is 481 g/mol. The second-order valence-corrected chi connectivity index (χ2v) is 8.68. The summed E-state index contributed by atoms with van der Waals surface area (Å²) in [6.45, 7) is 5.55. The number of aryl methyl sites for hydroxylation is 1. The Labute approximate surface area is 208 Å². The second-order valence-electron chi connectivity index (χ2n) is 8.68. The molecule has 4 aromatic rings. The number of nitrogens with one attached hydrogen (secondary N) is 2. The zero-order valence-corrected chi connectivity index (χ0v) is 20.3. The van der Waals surface area contributed by atoms with Crippen molar-refractivity contribution in [3.8, 4) is 11.3 Å². The lowest BCUT2D eigenvalue weighted by Gasteiger charge is -2.20. The molecule has 36 heavy (non-hydrogen) atoms. The maximum atomic E-state index is 13.4. The van der Waals surface area contributed by atoms with Crippen LogP contribution in [0.15, 0.2) is 76.1 Å². The van der Waals surface area contributed by atoms with Crippen LogP contribution in [0.5, 0.6) is 0 Å². The zero-order valence-electron chi connectivity index (χ0n) is 20.3. The van der Waals surface area contributed by atoms with Gasteiger partial charge in [0.15, 0.2) is 5.43 Å². The quantitative estimate of drug-likeness (QED) is 0.243. The summed E-state index contributed by atoms with van der Waals surface area (Å²) < 4.78 is 6.39. The minimum absolute atomic E-state index is 0.125. The number of carboxylic acid groups (broad SMARTS) is 1. The first-order chi connectivity index (χ1) is 17.2. The zero-order chi connectivity index (χ0) is 26.0. The van der Waals surface area contributed by atoms with Crippen LogP contribution in [0.2, 0.25) is 0 Å². The van der Waals surface area contributed by atoms with Crippen molar-refractivity contribution in [2.75, 3.05) is 5.32 Å². The molecule has 1 atom stereocenters. The predicted molar refractivity (Wildman–Crippen MR) is 144 cm³/mol. The Kier molecular flexibility index (Phi) is 6.74. The van der Waals surface area contributed by atoms with Crippen molar-refractivity contribution < 1.29 is 14.3 Å². The number of anilines is 1. The molecule has 0 spiro atoms. The van der Waals surface area contributed by atoms with E-state index in [1.807, 2.05) is 50.2 Å². The molecule has 7 heteroatoms. The molecule has 3 aromatic carbocycles. The third-order valence-electron chi connectivity index (χ3n) is 6.20. The highest BCUT2D eigenvalue weighted by Crippen LogP contribution is 2.33. The standard InChI is InChI=1S/C29H27N3O4/c1-16-12-23(18(3)32-25-7-5-4-6-22(25)29(34)35)28-24(13-16)26(33)17(2)27(36-28)20-10-8-19(9-11-20)21(14-30)15-31/h4-15,18,30,32H,31H2,1-3H3,(H,34,35)/b21-15+,30-14?. The van der Waals surface area contributed by atoms with Crippen LogP contribution < -0.4 is 16.5 Å². The van der Waals surface area contributed by atoms with Gasteiger partial charge in [0.2, 0.25) is 0 Å². The lowest BCUT2D eigenvalue weighted by Crippen LogP contribution is -2.14. The number of rotatable bonds is 7. The Morgan fingerprint density at radius 1 is 1.11 bits per heavy atom. The molecular formula is C29H27N3O4. The van der Waals surface area contributed by atoms with E-state index in [9.17, 15) is 14.7 Å². The van der Waals surface area contributed by atoms with E-state index in [2.05, 4.69) is 5.32 Å². The first-order valence-electron chi connectivity index (χ1n) is 11.4. The summed E-state index contributed by atoms with van der Waals surface area (Å²) in [5, 5.41) is 20.8. The topological polar surface area (TPSA) is 129 Å². The van der Waals surface area contributed by atoms with E-state index in [-0.39, 0.29) is 17.0 Å². The molecule has 0 aliphatic carbocycles. The summed E-state index contributed by atoms with van der Waals surface area (Å²) in [5.41, 5.74) is 10.8. The molecule has 182 valence electrons. The Balaban J connectivity index is 1.85. The number of hydrogen-bond donors (Lipinski definition) is 4. The molecular weight excluding hydrogens is 454 g/mol. The number of allylic oxidation sites excluding steroid dienone is 1. The summed E-state index contributed by atoms with van der Waals surface area (Å²) in [6, 6.07) is 17.4. The van der Waals surface area contributed by atoms with Crippen LogP contribution in [-0.4, -0.2) is 17.3 Å². The number of aromatic carboxylic acids is 1. The molecule has 7 nitrogen and oxygen atoms in total. The molecule has 0 saturated carbocycles. The van der Waals surface area contributed by atoms with Crippen molar-refractivity contribution in [2.45, 2.75) is 26.8 Å². The second kappa shape index (κ2) is 9.92. The number of nitrogens with two attached hydrogens (primary N) is 1. The van der Waals surface area contributed by atoms with Crippen LogP contribution in [0.3, 0.4) is 0 Å². The van der Waals surface area contributed by atoms with Crippen molar-refractivity contribution >= 4 is 34.4 Å². The molecule has 0 bridgehead atoms. The first kappa shape index (κ1) is 24.5. The van der Waals surface area contributed by atoms with Gasteiger partial charge in [-0.1, -0.05) is 42.5 Å². The third-order valence-corrected chi connectivity index (χ3v) is 6.20. The van der Waals surface area contributed by atoms with Gasteiger partial charge in [-0.25, -0.2) is 4.79 Å². The smallest absolute Gasteiger partial charge is 0.337 e. The van der Waals surface area contributed by atoms with Gasteiger partial charge in [-0.05, 0) is 50.1 Å². The molecule has 0 amide bonds. The van der Waals surface area contributed by atoms with Gasteiger partial charge < -0.3 is 26.0 Å². The van der Waals surface area contributed by atoms with Crippen molar-refractivity contribution in [3.63, 3.8) is 0 Å². The van der Waals surface area contributed by atoms with E-state index in [0.717, 1.165) is 22.3 Å². The fraction of sp³-hybridized carbons (Fsp3) is 0.138. The number of para-hydroxylation sites is 1. The highest BCUT2D eigenvalue weighted by Gasteiger charge is 2.20. The van der Waals surface area contributed by atoms with Gasteiger partial charge in [0, 0.05) is 40.4 Å². The highest BCUT2D eigenvalue weighted by molar-refractivity contribution is 6.08. The lowest BCUT2D eigenvalue weighted by atomic mass is 9.98. The first-order valence-corrected chi connectivity index (χ1v) is 11.4. The molecule has 0 aliphatic heterocycles. The summed E-state index contributed by atoms with van der Waals surface area (Å²) >= 11 is 0. The maximum Gasteiger partial charge on any atom is 0.337 e. The van der Waals surface area contributed by atoms with Gasteiger partial charge in [-0.2, -0.15) is 0 Å². The molecule has 1 heterocycles. The van der Waals surface area contributed by atoms with Crippen molar-refractivity contribution in [1.82, 2.24) is 0 Å². The third kappa shape index (κ3) is 4.51. The van der Waals surface area contributed by atoms with Crippen LogP contribution >= 0.6 is 0 Å². The van der Waals surface area contributed by atoms with Crippen molar-refractivity contribution in [3.05, 3.63) is 105 Å². The Hall–Kier alpha value is -4.65. The molecule has 5 N–H and O–H groups in total. The molecule has 0 fully saturated rings. The summed E-state index contributed by atoms with van der Waals surface area (Å²) in [5.74, 6) is -0.571. The minimum Gasteiger partial charge on any atom is -0.478 e. The Bertz CT molecular complexity index is 1570. The van der Waals surface area contributed by atoms with Gasteiger partial charge in [-0.3, -0.25) is 4.79 Å². The van der Waals surface area contributed by atoms with E-state index in [0.29, 0.717) is 33.6 Å². The van der Waals surface area contributed by atoms with E-state index in [1.165, 1.54) is 12.4 Å². The summed E-state index contributed by atoms with van der Waals surface area (Å²) in [7, 11) is 0. The van der Waals surface area contributed by atoms with Gasteiger partial charge in [-0.15, -0.1) is 0 Å². The lowest BCUT2D eigenvalue weighted by molar-refractivity contribution is 0.0698. The van der Waals surface area contributed by atoms with Crippen LogP contribution in [0, 0.1) is 19.3 Å². The highest BCUT2D eigenvalue weighted by atomic mass is 16.4. The van der Waals surface area contributed by atoms with Gasteiger partial charge in [0.25, 0.3) is 0 Å². The summed E-state index contributed by atoms with van der Waals surface area (Å²) in [4.78, 5) is 25.1. The fourth-order valence-electron chi connectivity index (χ4n) is 4.31. The van der Waals surface area contributed by atoms with Gasteiger partial charge in [0.1, 0.15) is 11.3 Å². The van der Waals surface area contributed by atoms with Crippen molar-refractivity contribution in [2.24, 2.45) is 5.73 Å². The Morgan fingerprint density at radius 2 is 1.81 bits per heavy atom. The SMILES string of the molecule is Cc1cc(C(C)Nc2ccccc2C(=O)O)c2oc(-c3ccc(/C(C=N)=C/N)cc3)c(C)c(=O)c2c1. The number of fused-ring (bicyclic) bond motifs is 1. The number of hydrogen-bond acceptors (Lipinski definition) is 6. The normalized spacial score (nSPS) is 12.4. The van der Waals surface area contributed by atoms with Crippen LogP contribution in [-0.2, 0) is 0 Å². The van der Waals surface area contributed by atoms with Gasteiger partial charge >= 0.3 is 5.97 Å². The van der Waals surface area contributed by atoms with E-state index in [4.69, 9.17) is 15.6 Å². The molecule has 0 aliphatic rings. The number of carbonyl (C=O) groups is 1. The fourth-order valence-corrected chi connectivity index (χ4v) is 4.31. The molecule has 4 rings (SSSR count). The predicted octanol–water partition coefficient (Wildman–Crippen LogP) is 5.90. The maximum absolute atomic E-state index is 13.4. The average molecular weight is 482 g/mol. The number of carboxylic acids is 1. The summed E-state index contributed by atoms with van der Waals surface area (Å²) in [6.07, 6.45) is 2.55. The van der Waals surface area contributed by atoms with Crippen LogP contribution in [0.25, 0.3) is 27.9 Å². The van der Waals surface area contributed by atoms with Crippen LogP contribution in [0.4, 0.5) is 5.69 Å². The largest absolute Gasteiger partial charge is 0.478 e. The molecule has 1 unspecified atom stereocenters. The van der Waals surface area contributed by atoms with Gasteiger partial charge in [0.05, 0.1) is 17.0 Å². The molecule has 0 radical (unpaired) electrons. The van der Waals surface area contributed by atoms with Crippen molar-refractivity contribution in [1.29, 1.82) is 5.41 Å².